The predicted molar refractivity (Wildman–Crippen MR) is 114 cm³/mol. The van der Waals surface area contributed by atoms with Crippen molar-refractivity contribution in [1.29, 1.82) is 0 Å². The van der Waals surface area contributed by atoms with Gasteiger partial charge in [0.25, 0.3) is 0 Å². The van der Waals surface area contributed by atoms with Crippen molar-refractivity contribution in [2.24, 2.45) is 0 Å². The van der Waals surface area contributed by atoms with Gasteiger partial charge >= 0.3 is 0 Å². The summed E-state index contributed by atoms with van der Waals surface area (Å²) in [5, 5.41) is 3.68. The molecule has 5 aromatic rings. The summed E-state index contributed by atoms with van der Waals surface area (Å²) in [6, 6.07) is 23.6. The number of aromatic nitrogens is 2. The third kappa shape index (κ3) is 2.44. The third-order valence-electron chi connectivity index (χ3n) is 4.84. The van der Waals surface area contributed by atoms with E-state index in [1.807, 2.05) is 6.07 Å². The van der Waals surface area contributed by atoms with Crippen LogP contribution in [0.5, 0.6) is 0 Å². The molecule has 0 aliphatic carbocycles. The molecule has 2 heterocycles. The van der Waals surface area contributed by atoms with Crippen LogP contribution in [-0.4, -0.2) is 9.55 Å². The lowest BCUT2D eigenvalue weighted by atomic mass is 10.1. The second-order valence-corrected chi connectivity index (χ2v) is 7.45. The molecule has 0 bridgehead atoms. The monoisotopic (exact) mass is 354 g/mol. The molecule has 126 valence electrons. The van der Waals surface area contributed by atoms with Gasteiger partial charge in [0.2, 0.25) is 0 Å². The van der Waals surface area contributed by atoms with Gasteiger partial charge in [0.1, 0.15) is 5.01 Å². The second kappa shape index (κ2) is 6.11. The van der Waals surface area contributed by atoms with E-state index in [0.717, 1.165) is 17.1 Å². The van der Waals surface area contributed by atoms with Crippen molar-refractivity contribution in [1.82, 2.24) is 9.55 Å². The van der Waals surface area contributed by atoms with Gasteiger partial charge in [-0.3, -0.25) is 0 Å². The van der Waals surface area contributed by atoms with Crippen molar-refractivity contribution in [3.63, 3.8) is 0 Å². The number of nitrogens with zero attached hydrogens (tertiary/aromatic N) is 2. The summed E-state index contributed by atoms with van der Waals surface area (Å²) >= 11 is 1.73. The minimum absolute atomic E-state index is 0.977. The zero-order chi connectivity index (χ0) is 17.5. The molecule has 0 unspecified atom stereocenters. The Bertz CT molecular complexity index is 1240. The summed E-state index contributed by atoms with van der Waals surface area (Å²) in [6.45, 7) is 3.18. The van der Waals surface area contributed by atoms with Crippen molar-refractivity contribution < 1.29 is 0 Å². The molecule has 0 atom stereocenters. The van der Waals surface area contributed by atoms with Gasteiger partial charge in [0.05, 0.1) is 10.2 Å². The fourth-order valence-corrected chi connectivity index (χ4v) is 4.51. The molecule has 0 amide bonds. The fourth-order valence-electron chi connectivity index (χ4n) is 3.64. The van der Waals surface area contributed by atoms with Crippen molar-refractivity contribution >= 4 is 55.5 Å². The third-order valence-corrected chi connectivity index (χ3v) is 5.84. The molecule has 2 nitrogen and oxygen atoms in total. The lowest BCUT2D eigenvalue weighted by Gasteiger charge is -2.02. The molecule has 0 saturated carbocycles. The number of rotatable bonds is 3. The van der Waals surface area contributed by atoms with E-state index in [1.54, 1.807) is 11.3 Å². The zero-order valence-corrected chi connectivity index (χ0v) is 15.3. The maximum absolute atomic E-state index is 4.69. The average molecular weight is 354 g/mol. The lowest BCUT2D eigenvalue weighted by Crippen LogP contribution is -1.92. The van der Waals surface area contributed by atoms with Gasteiger partial charge < -0.3 is 4.57 Å². The largest absolute Gasteiger partial charge is 0.341 e. The lowest BCUT2D eigenvalue weighted by molar-refractivity contribution is 0.827. The Morgan fingerprint density at radius 3 is 2.58 bits per heavy atom. The molecule has 3 heteroatoms. The Kier molecular flexibility index (Phi) is 3.61. The van der Waals surface area contributed by atoms with Crippen LogP contribution in [0.1, 0.15) is 17.5 Å². The first-order valence-corrected chi connectivity index (χ1v) is 9.70. The molecule has 26 heavy (non-hydrogen) atoms. The van der Waals surface area contributed by atoms with Gasteiger partial charge in [-0.25, -0.2) is 4.98 Å². The van der Waals surface area contributed by atoms with Crippen molar-refractivity contribution in [3.05, 3.63) is 77.3 Å². The predicted octanol–water partition coefficient (Wildman–Crippen LogP) is 6.59. The maximum Gasteiger partial charge on any atom is 0.117 e. The van der Waals surface area contributed by atoms with E-state index in [1.165, 1.54) is 32.1 Å². The van der Waals surface area contributed by atoms with E-state index in [2.05, 4.69) is 89.3 Å². The summed E-state index contributed by atoms with van der Waals surface area (Å²) in [4.78, 5) is 4.69. The maximum atomic E-state index is 4.69. The molecule has 0 N–H and O–H groups in total. The van der Waals surface area contributed by atoms with Crippen molar-refractivity contribution in [2.75, 3.05) is 0 Å². The van der Waals surface area contributed by atoms with Crippen molar-refractivity contribution in [2.45, 2.75) is 13.5 Å². The molecule has 0 aliphatic heterocycles. The zero-order valence-electron chi connectivity index (χ0n) is 14.5. The SMILES string of the molecule is CCn1c2ccccc2c2cc(C=Cc3nc4ccccc4s3)ccc21. The molecule has 3 aromatic carbocycles. The molecule has 2 aromatic heterocycles. The first-order chi connectivity index (χ1) is 12.8. The average Bonchev–Trinajstić information content (AvgIpc) is 3.24. The normalized spacial score (nSPS) is 12.0. The smallest absolute Gasteiger partial charge is 0.117 e. The summed E-state index contributed by atoms with van der Waals surface area (Å²) in [6.07, 6.45) is 4.28. The van der Waals surface area contributed by atoms with Crippen LogP contribution in [0.4, 0.5) is 0 Å². The highest BCUT2D eigenvalue weighted by Gasteiger charge is 2.09. The van der Waals surface area contributed by atoms with E-state index in [0.29, 0.717) is 0 Å². The summed E-state index contributed by atoms with van der Waals surface area (Å²) in [5.41, 5.74) is 4.87. The topological polar surface area (TPSA) is 17.8 Å². The second-order valence-electron chi connectivity index (χ2n) is 6.39. The Balaban J connectivity index is 1.60. The molecular weight excluding hydrogens is 336 g/mol. The standard InChI is InChI=1S/C23H18N2S/c1-2-25-20-9-5-3-7-17(20)18-15-16(11-13-21(18)25)12-14-23-24-19-8-4-6-10-22(19)26-23/h3-15H,2H2,1H3. The number of hydrogen-bond acceptors (Lipinski definition) is 2. The molecule has 0 spiro atoms. The highest BCUT2D eigenvalue weighted by atomic mass is 32.1. The van der Waals surface area contributed by atoms with E-state index in [4.69, 9.17) is 0 Å². The first-order valence-electron chi connectivity index (χ1n) is 8.88. The summed E-state index contributed by atoms with van der Waals surface area (Å²) < 4.78 is 3.61. The van der Waals surface area contributed by atoms with Crippen LogP contribution in [0.15, 0.2) is 66.7 Å². The number of fused-ring (bicyclic) bond motifs is 4. The molecular formula is C23H18N2S. The number of hydrogen-bond donors (Lipinski definition) is 0. The van der Waals surface area contributed by atoms with Crippen LogP contribution < -0.4 is 0 Å². The van der Waals surface area contributed by atoms with Crippen LogP contribution >= 0.6 is 11.3 Å². The fraction of sp³-hybridized carbons (Fsp3) is 0.0870. The van der Waals surface area contributed by atoms with Crippen LogP contribution in [-0.2, 0) is 6.54 Å². The van der Waals surface area contributed by atoms with Crippen LogP contribution in [0.25, 0.3) is 44.2 Å². The molecule has 0 saturated heterocycles. The minimum atomic E-state index is 0.977. The summed E-state index contributed by atoms with van der Waals surface area (Å²) in [7, 11) is 0. The Morgan fingerprint density at radius 1 is 0.885 bits per heavy atom. The molecule has 0 radical (unpaired) electrons. The van der Waals surface area contributed by atoms with E-state index < -0.39 is 0 Å². The number of benzene rings is 3. The quantitative estimate of drug-likeness (QED) is 0.357. The van der Waals surface area contributed by atoms with Crippen LogP contribution in [0.2, 0.25) is 0 Å². The number of aryl methyl sites for hydroxylation is 1. The Hall–Kier alpha value is -2.91. The van der Waals surface area contributed by atoms with Gasteiger partial charge in [0.15, 0.2) is 0 Å². The number of para-hydroxylation sites is 2. The van der Waals surface area contributed by atoms with Crippen LogP contribution in [0.3, 0.4) is 0 Å². The van der Waals surface area contributed by atoms with Crippen LogP contribution in [0, 0.1) is 0 Å². The minimum Gasteiger partial charge on any atom is -0.341 e. The molecule has 0 fully saturated rings. The van der Waals surface area contributed by atoms with Gasteiger partial charge in [-0.15, -0.1) is 11.3 Å². The molecule has 5 rings (SSSR count). The molecule has 0 aliphatic rings. The summed E-state index contributed by atoms with van der Waals surface area (Å²) in [5.74, 6) is 0. The Labute approximate surface area is 156 Å². The van der Waals surface area contributed by atoms with Gasteiger partial charge in [0, 0.05) is 28.4 Å². The van der Waals surface area contributed by atoms with E-state index in [9.17, 15) is 0 Å². The van der Waals surface area contributed by atoms with Gasteiger partial charge in [-0.2, -0.15) is 0 Å². The van der Waals surface area contributed by atoms with E-state index in [-0.39, 0.29) is 0 Å². The highest BCUT2D eigenvalue weighted by molar-refractivity contribution is 7.19. The Morgan fingerprint density at radius 2 is 1.69 bits per heavy atom. The van der Waals surface area contributed by atoms with Crippen molar-refractivity contribution in [3.8, 4) is 0 Å². The van der Waals surface area contributed by atoms with Gasteiger partial charge in [-0.05, 0) is 48.9 Å². The number of thiazole rings is 1. The first kappa shape index (κ1) is 15.4. The van der Waals surface area contributed by atoms with E-state index >= 15 is 0 Å². The van der Waals surface area contributed by atoms with Gasteiger partial charge in [-0.1, -0.05) is 42.5 Å². The highest BCUT2D eigenvalue weighted by Crippen LogP contribution is 2.30.